The number of para-hydroxylation sites is 1. The number of nitrogens with one attached hydrogen (secondary N) is 1. The molecule has 3 rings (SSSR count). The molecule has 3 aromatic rings. The summed E-state index contributed by atoms with van der Waals surface area (Å²) in [4.78, 5) is 10.3. The smallest absolute Gasteiger partial charge is 0.340 e. The van der Waals surface area contributed by atoms with Gasteiger partial charge in [-0.05, 0) is 62.9 Å². The first-order valence-corrected chi connectivity index (χ1v) is 10.7. The van der Waals surface area contributed by atoms with E-state index in [1.807, 2.05) is 74.2 Å². The number of alkyl halides is 3. The second-order valence-electron chi connectivity index (χ2n) is 8.83. The summed E-state index contributed by atoms with van der Waals surface area (Å²) in [5, 5.41) is 2.90. The maximum absolute atomic E-state index is 13.8. The van der Waals surface area contributed by atoms with Crippen molar-refractivity contribution in [2.45, 2.75) is 58.7 Å². The van der Waals surface area contributed by atoms with E-state index < -0.39 is 17.3 Å². The number of anilines is 4. The molecule has 0 aliphatic heterocycles. The summed E-state index contributed by atoms with van der Waals surface area (Å²) in [6, 6.07) is 16.8. The van der Waals surface area contributed by atoms with Gasteiger partial charge in [0, 0.05) is 23.1 Å². The lowest BCUT2D eigenvalue weighted by molar-refractivity contribution is -0.137. The third kappa shape index (κ3) is 5.39. The van der Waals surface area contributed by atoms with Crippen molar-refractivity contribution in [1.29, 1.82) is 0 Å². The van der Waals surface area contributed by atoms with Crippen molar-refractivity contribution in [1.82, 2.24) is 9.97 Å². The number of hydrogen-bond acceptors (Lipinski definition) is 4. The number of aromatic nitrogens is 2. The highest BCUT2D eigenvalue weighted by Gasteiger charge is 2.36. The number of hydrogen-bond donors (Lipinski definition) is 1. The predicted molar refractivity (Wildman–Crippen MR) is 124 cm³/mol. The van der Waals surface area contributed by atoms with Crippen LogP contribution in [0.1, 0.15) is 58.1 Å². The van der Waals surface area contributed by atoms with Crippen molar-refractivity contribution in [2.75, 3.05) is 10.2 Å². The second-order valence-corrected chi connectivity index (χ2v) is 8.83. The van der Waals surface area contributed by atoms with Crippen molar-refractivity contribution < 1.29 is 13.2 Å². The van der Waals surface area contributed by atoms with Gasteiger partial charge in [0.15, 0.2) is 0 Å². The van der Waals surface area contributed by atoms with Gasteiger partial charge in [-0.25, -0.2) is 4.98 Å². The molecule has 0 aliphatic rings. The Bertz CT molecular complexity index is 1040. The lowest BCUT2D eigenvalue weighted by Crippen LogP contribution is -2.39. The minimum atomic E-state index is -4.59. The Morgan fingerprint density at radius 2 is 1.69 bits per heavy atom. The van der Waals surface area contributed by atoms with Crippen LogP contribution in [0.5, 0.6) is 0 Å². The first-order chi connectivity index (χ1) is 15.0. The fourth-order valence-electron chi connectivity index (χ4n) is 3.46. The minimum Gasteiger partial charge on any atom is -0.340 e. The maximum Gasteiger partial charge on any atom is 0.421 e. The molecule has 4 nitrogen and oxygen atoms in total. The van der Waals surface area contributed by atoms with E-state index in [0.29, 0.717) is 11.6 Å². The van der Waals surface area contributed by atoms with E-state index in [9.17, 15) is 13.2 Å². The molecule has 0 fully saturated rings. The first kappa shape index (κ1) is 23.6. The van der Waals surface area contributed by atoms with Gasteiger partial charge < -0.3 is 10.2 Å². The summed E-state index contributed by atoms with van der Waals surface area (Å²) < 4.78 is 41.3. The van der Waals surface area contributed by atoms with Gasteiger partial charge in [-0.1, -0.05) is 44.2 Å². The van der Waals surface area contributed by atoms with Crippen LogP contribution in [0.15, 0.2) is 60.8 Å². The molecule has 0 bridgehead atoms. The number of halogens is 3. The molecule has 7 heteroatoms. The van der Waals surface area contributed by atoms with Crippen LogP contribution in [0.25, 0.3) is 0 Å². The molecule has 0 spiro atoms. The minimum absolute atomic E-state index is 0.192. The van der Waals surface area contributed by atoms with Gasteiger partial charge in [-0.2, -0.15) is 18.2 Å². The molecular weight excluding hydrogens is 413 g/mol. The number of nitrogens with zero attached hydrogens (tertiary/aromatic N) is 3. The van der Waals surface area contributed by atoms with Crippen molar-refractivity contribution in [2.24, 2.45) is 0 Å². The molecule has 0 saturated heterocycles. The predicted octanol–water partition coefficient (Wildman–Crippen LogP) is 7.69. The second kappa shape index (κ2) is 9.18. The molecule has 1 atom stereocenters. The maximum atomic E-state index is 13.8. The van der Waals surface area contributed by atoms with Gasteiger partial charge in [-0.15, -0.1) is 0 Å². The average Bonchev–Trinajstić information content (AvgIpc) is 2.72. The Morgan fingerprint density at radius 1 is 1.00 bits per heavy atom. The Kier molecular flexibility index (Phi) is 6.77. The monoisotopic (exact) mass is 442 g/mol. The Balaban J connectivity index is 2.10. The van der Waals surface area contributed by atoms with Gasteiger partial charge >= 0.3 is 6.18 Å². The molecule has 1 heterocycles. The lowest BCUT2D eigenvalue weighted by Gasteiger charge is -2.36. The topological polar surface area (TPSA) is 41.1 Å². The summed E-state index contributed by atoms with van der Waals surface area (Å²) in [5.41, 5.74) is 1.04. The van der Waals surface area contributed by atoms with Crippen LogP contribution in [0, 0.1) is 0 Å². The van der Waals surface area contributed by atoms with Gasteiger partial charge in [0.05, 0.1) is 0 Å². The Labute approximate surface area is 187 Å². The third-order valence-corrected chi connectivity index (χ3v) is 5.30. The molecule has 1 unspecified atom stereocenters. The van der Waals surface area contributed by atoms with Crippen LogP contribution in [-0.4, -0.2) is 15.5 Å². The Hall–Kier alpha value is -3.09. The van der Waals surface area contributed by atoms with Crippen molar-refractivity contribution in [3.8, 4) is 0 Å². The van der Waals surface area contributed by atoms with Crippen molar-refractivity contribution in [3.63, 3.8) is 0 Å². The zero-order chi connectivity index (χ0) is 23.5. The highest BCUT2D eigenvalue weighted by Crippen LogP contribution is 2.38. The third-order valence-electron chi connectivity index (χ3n) is 5.30. The molecule has 1 aromatic heterocycles. The van der Waals surface area contributed by atoms with E-state index in [4.69, 9.17) is 0 Å². The van der Waals surface area contributed by atoms with E-state index in [-0.39, 0.29) is 11.8 Å². The zero-order valence-electron chi connectivity index (χ0n) is 19.0. The molecule has 0 aliphatic carbocycles. The van der Waals surface area contributed by atoms with Crippen LogP contribution in [0.2, 0.25) is 0 Å². The standard InChI is InChI=1S/C25H29F3N4/c1-6-17(2)18-11-10-12-19(15-18)30-22-21(25(26,27)28)16-29-23(31-22)32(24(3,4)5)20-13-8-7-9-14-20/h7-17H,6H2,1-5H3,(H,29,30,31). The largest absolute Gasteiger partial charge is 0.421 e. The fraction of sp³-hybridized carbons (Fsp3) is 0.360. The van der Waals surface area contributed by atoms with Crippen molar-refractivity contribution in [3.05, 3.63) is 71.9 Å². The molecule has 32 heavy (non-hydrogen) atoms. The van der Waals surface area contributed by atoms with Crippen LogP contribution in [0.4, 0.5) is 36.3 Å². The summed E-state index contributed by atoms with van der Waals surface area (Å²) >= 11 is 0. The Morgan fingerprint density at radius 3 is 2.28 bits per heavy atom. The van der Waals surface area contributed by atoms with Crippen LogP contribution >= 0.6 is 0 Å². The summed E-state index contributed by atoms with van der Waals surface area (Å²) in [7, 11) is 0. The van der Waals surface area contributed by atoms with Gasteiger partial charge in [-0.3, -0.25) is 0 Å². The normalized spacial score (nSPS) is 13.0. The molecule has 0 radical (unpaired) electrons. The number of rotatable bonds is 6. The highest BCUT2D eigenvalue weighted by molar-refractivity contribution is 5.65. The van der Waals surface area contributed by atoms with Crippen molar-refractivity contribution >= 4 is 23.1 Å². The van der Waals surface area contributed by atoms with Gasteiger partial charge in [0.25, 0.3) is 0 Å². The lowest BCUT2D eigenvalue weighted by atomic mass is 9.98. The van der Waals surface area contributed by atoms with E-state index in [1.165, 1.54) is 0 Å². The van der Waals surface area contributed by atoms with Gasteiger partial charge in [0.2, 0.25) is 5.95 Å². The fourth-order valence-corrected chi connectivity index (χ4v) is 3.46. The SMILES string of the molecule is CCC(C)c1cccc(Nc2nc(N(c3ccccc3)C(C)(C)C)ncc2C(F)(F)F)c1. The molecule has 170 valence electrons. The molecule has 1 N–H and O–H groups in total. The van der Waals surface area contributed by atoms with Crippen LogP contribution < -0.4 is 10.2 Å². The summed E-state index contributed by atoms with van der Waals surface area (Å²) in [5.74, 6) is 0.223. The first-order valence-electron chi connectivity index (χ1n) is 10.7. The van der Waals surface area contributed by atoms with Crippen LogP contribution in [-0.2, 0) is 6.18 Å². The molecule has 0 saturated carbocycles. The highest BCUT2D eigenvalue weighted by atomic mass is 19.4. The summed E-state index contributed by atoms with van der Waals surface area (Å²) in [6.07, 6.45) is -2.80. The van der Waals surface area contributed by atoms with E-state index >= 15 is 0 Å². The van der Waals surface area contributed by atoms with Gasteiger partial charge in [0.1, 0.15) is 11.4 Å². The average molecular weight is 443 g/mol. The summed E-state index contributed by atoms with van der Waals surface area (Å²) in [6.45, 7) is 10.1. The number of benzene rings is 2. The van der Waals surface area contributed by atoms with E-state index in [2.05, 4.69) is 29.1 Å². The van der Waals surface area contributed by atoms with Crippen LogP contribution in [0.3, 0.4) is 0 Å². The molecule has 2 aromatic carbocycles. The van der Waals surface area contributed by atoms with E-state index in [0.717, 1.165) is 23.9 Å². The molecular formula is C25H29F3N4. The van der Waals surface area contributed by atoms with E-state index in [1.54, 1.807) is 6.07 Å². The zero-order valence-corrected chi connectivity index (χ0v) is 19.0. The quantitative estimate of drug-likeness (QED) is 0.425. The molecule has 0 amide bonds.